The van der Waals surface area contributed by atoms with Gasteiger partial charge in [-0.25, -0.2) is 22.8 Å². The topological polar surface area (TPSA) is 68.8 Å². The molecule has 0 aliphatic carbocycles. The Bertz CT molecular complexity index is 1370. The molecule has 3 heterocycles. The number of hydrogen-bond donors (Lipinski definition) is 0. The van der Waals surface area contributed by atoms with Crippen LogP contribution in [0.1, 0.15) is 34.6 Å². The van der Waals surface area contributed by atoms with Crippen molar-refractivity contribution in [1.29, 1.82) is 0 Å². The predicted molar refractivity (Wildman–Crippen MR) is 118 cm³/mol. The molecule has 0 bridgehead atoms. The zero-order chi connectivity index (χ0) is 24.0. The first-order chi connectivity index (χ1) is 16.4. The monoisotopic (exact) mass is 466 g/mol. The summed E-state index contributed by atoms with van der Waals surface area (Å²) in [5.74, 6) is -3.57. The molecule has 0 fully saturated rings. The zero-order valence-corrected chi connectivity index (χ0v) is 18.6. The fraction of sp³-hybridized carbons (Fsp3) is 0.250. The van der Waals surface area contributed by atoms with Crippen molar-refractivity contribution in [3.05, 3.63) is 82.8 Å². The molecule has 174 valence electrons. The molecular formula is C24H21F3N6O. The summed E-state index contributed by atoms with van der Waals surface area (Å²) in [4.78, 5) is 19.3. The van der Waals surface area contributed by atoms with Crippen molar-refractivity contribution in [2.45, 2.75) is 26.3 Å². The molecule has 1 amide bonds. The van der Waals surface area contributed by atoms with Gasteiger partial charge in [0, 0.05) is 31.1 Å². The number of aromatic nitrogens is 5. The van der Waals surface area contributed by atoms with Gasteiger partial charge >= 0.3 is 0 Å². The summed E-state index contributed by atoms with van der Waals surface area (Å²) >= 11 is 0. The van der Waals surface area contributed by atoms with Crippen LogP contribution in [0.4, 0.5) is 13.2 Å². The Kier molecular flexibility index (Phi) is 5.43. The van der Waals surface area contributed by atoms with Gasteiger partial charge in [0.2, 0.25) is 5.82 Å². The zero-order valence-electron chi connectivity index (χ0n) is 18.6. The molecular weight excluding hydrogens is 445 g/mol. The Morgan fingerprint density at radius 3 is 2.44 bits per heavy atom. The van der Waals surface area contributed by atoms with E-state index in [2.05, 4.69) is 15.2 Å². The van der Waals surface area contributed by atoms with Gasteiger partial charge in [0.25, 0.3) is 5.91 Å². The molecule has 2 aromatic carbocycles. The van der Waals surface area contributed by atoms with E-state index >= 15 is 0 Å². The van der Waals surface area contributed by atoms with E-state index in [1.807, 2.05) is 37.3 Å². The number of aryl methyl sites for hydroxylation is 2. The van der Waals surface area contributed by atoms with Crippen molar-refractivity contribution in [3.63, 3.8) is 0 Å². The van der Waals surface area contributed by atoms with Crippen molar-refractivity contribution in [3.8, 4) is 16.9 Å². The SMILES string of the molecule is CCc1nc(C(=O)N2CCc3c(nn(C)c3-c3cc(F)c(F)c(F)c3)C2)nn1-c1ccccc1. The van der Waals surface area contributed by atoms with Crippen LogP contribution >= 0.6 is 0 Å². The normalized spacial score (nSPS) is 13.3. The molecule has 1 aliphatic rings. The number of halogens is 3. The smallest absolute Gasteiger partial charge is 0.293 e. The van der Waals surface area contributed by atoms with Crippen molar-refractivity contribution in [2.75, 3.05) is 6.54 Å². The summed E-state index contributed by atoms with van der Waals surface area (Å²) < 4.78 is 44.2. The first-order valence-corrected chi connectivity index (χ1v) is 10.9. The van der Waals surface area contributed by atoms with E-state index in [1.165, 1.54) is 4.68 Å². The van der Waals surface area contributed by atoms with Gasteiger partial charge in [-0.3, -0.25) is 9.48 Å². The number of nitrogens with zero attached hydrogens (tertiary/aromatic N) is 6. The minimum absolute atomic E-state index is 0.1000. The van der Waals surface area contributed by atoms with E-state index in [0.717, 1.165) is 23.4 Å². The average molecular weight is 466 g/mol. The first-order valence-electron chi connectivity index (χ1n) is 10.9. The summed E-state index contributed by atoms with van der Waals surface area (Å²) in [6.07, 6.45) is 1.03. The Hall–Kier alpha value is -3.95. The number of hydrogen-bond acceptors (Lipinski definition) is 4. The highest BCUT2D eigenvalue weighted by Gasteiger charge is 2.30. The second kappa shape index (κ2) is 8.44. The second-order valence-corrected chi connectivity index (χ2v) is 8.08. The molecule has 4 aromatic rings. The highest BCUT2D eigenvalue weighted by atomic mass is 19.2. The van der Waals surface area contributed by atoms with Crippen LogP contribution in [0.25, 0.3) is 16.9 Å². The third-order valence-corrected chi connectivity index (χ3v) is 5.93. The number of fused-ring (bicyclic) bond motifs is 1. The lowest BCUT2D eigenvalue weighted by Crippen LogP contribution is -2.36. The maximum Gasteiger partial charge on any atom is 0.293 e. The van der Waals surface area contributed by atoms with Crippen molar-refractivity contribution in [2.24, 2.45) is 7.05 Å². The van der Waals surface area contributed by atoms with Crippen LogP contribution in [-0.4, -0.2) is 41.9 Å². The number of carbonyl (C=O) groups is 1. The third kappa shape index (κ3) is 3.64. The highest BCUT2D eigenvalue weighted by molar-refractivity contribution is 5.90. The summed E-state index contributed by atoms with van der Waals surface area (Å²) in [6.45, 7) is 2.51. The minimum atomic E-state index is -1.51. The lowest BCUT2D eigenvalue weighted by Gasteiger charge is -2.25. The molecule has 10 heteroatoms. The first kappa shape index (κ1) is 21.9. The average Bonchev–Trinajstić information content (AvgIpc) is 3.42. The summed E-state index contributed by atoms with van der Waals surface area (Å²) in [5.41, 5.74) is 2.90. The number of amides is 1. The lowest BCUT2D eigenvalue weighted by atomic mass is 9.99. The second-order valence-electron chi connectivity index (χ2n) is 8.08. The summed E-state index contributed by atoms with van der Waals surface area (Å²) in [7, 11) is 1.65. The van der Waals surface area contributed by atoms with E-state index in [4.69, 9.17) is 0 Å². The molecule has 2 aromatic heterocycles. The Morgan fingerprint density at radius 1 is 1.06 bits per heavy atom. The number of para-hydroxylation sites is 1. The maximum atomic E-state index is 13.8. The van der Waals surface area contributed by atoms with E-state index in [9.17, 15) is 18.0 Å². The van der Waals surface area contributed by atoms with Crippen molar-refractivity contribution < 1.29 is 18.0 Å². The van der Waals surface area contributed by atoms with Crippen molar-refractivity contribution >= 4 is 5.91 Å². The van der Waals surface area contributed by atoms with E-state index < -0.39 is 17.5 Å². The number of carbonyl (C=O) groups excluding carboxylic acids is 1. The highest BCUT2D eigenvalue weighted by Crippen LogP contribution is 2.32. The molecule has 34 heavy (non-hydrogen) atoms. The van der Waals surface area contributed by atoms with Gasteiger partial charge in [0.05, 0.1) is 23.6 Å². The predicted octanol–water partition coefficient (Wildman–Crippen LogP) is 3.85. The Labute approximate surface area is 193 Å². The minimum Gasteiger partial charge on any atom is -0.330 e. The number of benzene rings is 2. The summed E-state index contributed by atoms with van der Waals surface area (Å²) in [5, 5.41) is 8.91. The Morgan fingerprint density at radius 2 is 1.76 bits per heavy atom. The molecule has 5 rings (SSSR count). The van der Waals surface area contributed by atoms with Gasteiger partial charge in [-0.2, -0.15) is 5.10 Å². The molecule has 1 aliphatic heterocycles. The van der Waals surface area contributed by atoms with Crippen LogP contribution in [0.15, 0.2) is 42.5 Å². The van der Waals surface area contributed by atoms with Gasteiger partial charge in [-0.15, -0.1) is 5.10 Å². The quantitative estimate of drug-likeness (QED) is 0.429. The standard InChI is InChI=1S/C24H21F3N6O/c1-3-20-28-23(30-33(20)15-7-5-4-6-8-15)24(34)32-10-9-16-19(13-32)29-31(2)22(16)14-11-17(25)21(27)18(26)12-14/h4-8,11-12H,3,9-10,13H2,1-2H3. The molecule has 0 N–H and O–H groups in total. The fourth-order valence-corrected chi connectivity index (χ4v) is 4.33. The van der Waals surface area contributed by atoms with Gasteiger partial charge in [-0.05, 0) is 30.7 Å². The maximum absolute atomic E-state index is 13.8. The molecule has 0 unspecified atom stereocenters. The van der Waals surface area contributed by atoms with Gasteiger partial charge in [-0.1, -0.05) is 25.1 Å². The van der Waals surface area contributed by atoms with Gasteiger partial charge in [0.15, 0.2) is 17.5 Å². The molecule has 0 radical (unpaired) electrons. The van der Waals surface area contributed by atoms with Gasteiger partial charge < -0.3 is 4.90 Å². The lowest BCUT2D eigenvalue weighted by molar-refractivity contribution is 0.0720. The summed E-state index contributed by atoms with van der Waals surface area (Å²) in [6, 6.07) is 11.4. The largest absolute Gasteiger partial charge is 0.330 e. The van der Waals surface area contributed by atoms with Gasteiger partial charge in [0.1, 0.15) is 5.82 Å². The van der Waals surface area contributed by atoms with Crippen LogP contribution in [-0.2, 0) is 26.4 Å². The molecule has 0 atom stereocenters. The van der Waals surface area contributed by atoms with Crippen LogP contribution in [0.2, 0.25) is 0 Å². The van der Waals surface area contributed by atoms with E-state index in [-0.39, 0.29) is 23.8 Å². The number of rotatable bonds is 4. The molecule has 0 saturated heterocycles. The van der Waals surface area contributed by atoms with Crippen molar-refractivity contribution in [1.82, 2.24) is 29.4 Å². The van der Waals surface area contributed by atoms with Crippen LogP contribution in [0.3, 0.4) is 0 Å². The molecule has 0 spiro atoms. The van der Waals surface area contributed by atoms with E-state index in [0.29, 0.717) is 36.6 Å². The Balaban J connectivity index is 1.44. The van der Waals surface area contributed by atoms with E-state index in [1.54, 1.807) is 16.6 Å². The van der Waals surface area contributed by atoms with Crippen LogP contribution in [0.5, 0.6) is 0 Å². The fourth-order valence-electron chi connectivity index (χ4n) is 4.33. The molecule has 0 saturated carbocycles. The molecule has 7 nitrogen and oxygen atoms in total. The third-order valence-electron chi connectivity index (χ3n) is 5.93. The van der Waals surface area contributed by atoms with Crippen LogP contribution < -0.4 is 0 Å². The van der Waals surface area contributed by atoms with Crippen LogP contribution in [0, 0.1) is 17.5 Å².